The van der Waals surface area contributed by atoms with E-state index in [-0.39, 0.29) is 0 Å². The fourth-order valence-electron chi connectivity index (χ4n) is 2.88. The zero-order chi connectivity index (χ0) is 13.6. The van der Waals surface area contributed by atoms with Crippen molar-refractivity contribution in [3.8, 4) is 0 Å². The molecule has 1 N–H and O–H groups in total. The zero-order valence-electron chi connectivity index (χ0n) is 12.0. The molecule has 2 aliphatic heterocycles. The van der Waals surface area contributed by atoms with Crippen LogP contribution in [0.15, 0.2) is 24.4 Å². The molecular weight excluding hydrogens is 268 g/mol. The minimum atomic E-state index is 0.725. The van der Waals surface area contributed by atoms with Crippen molar-refractivity contribution in [2.45, 2.75) is 12.5 Å². The summed E-state index contributed by atoms with van der Waals surface area (Å²) in [6, 6.07) is 6.89. The van der Waals surface area contributed by atoms with Crippen LogP contribution in [0.4, 0.5) is 5.82 Å². The second-order valence-corrected chi connectivity index (χ2v) is 6.68. The Balaban J connectivity index is 1.40. The Hall–Kier alpha value is -0.780. The molecule has 2 fully saturated rings. The number of nitrogens with one attached hydrogen (secondary N) is 1. The fourth-order valence-corrected chi connectivity index (χ4v) is 3.88. The molecule has 1 aromatic heterocycles. The van der Waals surface area contributed by atoms with Crippen molar-refractivity contribution in [2.24, 2.45) is 0 Å². The molecule has 0 aliphatic carbocycles. The van der Waals surface area contributed by atoms with Gasteiger partial charge in [-0.15, -0.1) is 0 Å². The van der Waals surface area contributed by atoms with E-state index in [0.29, 0.717) is 0 Å². The fraction of sp³-hybridized carbons (Fsp3) is 0.667. The molecule has 1 unspecified atom stereocenters. The lowest BCUT2D eigenvalue weighted by Crippen LogP contribution is -2.48. The monoisotopic (exact) mass is 292 g/mol. The number of piperazine rings is 1. The molecule has 20 heavy (non-hydrogen) atoms. The van der Waals surface area contributed by atoms with Gasteiger partial charge in [-0.3, -0.25) is 4.90 Å². The van der Waals surface area contributed by atoms with Gasteiger partial charge in [-0.05, 0) is 25.1 Å². The average Bonchev–Trinajstić information content (AvgIpc) is 2.55. The van der Waals surface area contributed by atoms with E-state index in [9.17, 15) is 0 Å². The van der Waals surface area contributed by atoms with Crippen molar-refractivity contribution in [3.05, 3.63) is 24.4 Å². The van der Waals surface area contributed by atoms with Crippen molar-refractivity contribution in [1.82, 2.24) is 15.2 Å². The maximum atomic E-state index is 4.44. The Morgan fingerprint density at radius 3 is 2.85 bits per heavy atom. The predicted octanol–water partition coefficient (Wildman–Crippen LogP) is 1.30. The molecule has 0 spiro atoms. The lowest BCUT2D eigenvalue weighted by molar-refractivity contribution is 0.245. The molecule has 0 bridgehead atoms. The first-order valence-electron chi connectivity index (χ1n) is 7.61. The van der Waals surface area contributed by atoms with Gasteiger partial charge in [-0.2, -0.15) is 11.8 Å². The molecule has 1 atom stereocenters. The number of nitrogens with zero attached hydrogens (tertiary/aromatic N) is 3. The topological polar surface area (TPSA) is 31.4 Å². The Labute approximate surface area is 125 Å². The van der Waals surface area contributed by atoms with Crippen molar-refractivity contribution in [3.63, 3.8) is 0 Å². The average molecular weight is 292 g/mol. The van der Waals surface area contributed by atoms with Crippen LogP contribution >= 0.6 is 11.8 Å². The second-order valence-electron chi connectivity index (χ2n) is 5.53. The highest BCUT2D eigenvalue weighted by Crippen LogP contribution is 2.14. The van der Waals surface area contributed by atoms with Crippen molar-refractivity contribution >= 4 is 17.6 Å². The largest absolute Gasteiger partial charge is 0.354 e. The summed E-state index contributed by atoms with van der Waals surface area (Å²) in [5.74, 6) is 3.69. The van der Waals surface area contributed by atoms with E-state index in [1.54, 1.807) is 0 Å². The molecule has 3 heterocycles. The first kappa shape index (κ1) is 14.2. The molecule has 1 aromatic rings. The summed E-state index contributed by atoms with van der Waals surface area (Å²) >= 11 is 2.09. The molecule has 0 radical (unpaired) electrons. The number of hydrogen-bond donors (Lipinski definition) is 1. The highest BCUT2D eigenvalue weighted by atomic mass is 32.2. The van der Waals surface area contributed by atoms with E-state index in [1.165, 1.54) is 31.0 Å². The second kappa shape index (κ2) is 7.29. The smallest absolute Gasteiger partial charge is 0.128 e. The lowest BCUT2D eigenvalue weighted by Gasteiger charge is -2.36. The lowest BCUT2D eigenvalue weighted by atomic mass is 10.2. The van der Waals surface area contributed by atoms with Crippen LogP contribution in [-0.4, -0.2) is 66.7 Å². The number of aromatic nitrogens is 1. The van der Waals surface area contributed by atoms with Crippen LogP contribution in [0.25, 0.3) is 0 Å². The number of pyridine rings is 1. The number of hydrogen-bond acceptors (Lipinski definition) is 5. The Morgan fingerprint density at radius 2 is 2.15 bits per heavy atom. The van der Waals surface area contributed by atoms with E-state index in [4.69, 9.17) is 0 Å². The third-order valence-electron chi connectivity index (χ3n) is 4.14. The van der Waals surface area contributed by atoms with Gasteiger partial charge in [0.2, 0.25) is 0 Å². The van der Waals surface area contributed by atoms with Crippen LogP contribution < -0.4 is 10.2 Å². The number of rotatable bonds is 4. The SMILES string of the molecule is c1ccc(N2CCN(CCC3CSCCN3)CC2)nc1. The van der Waals surface area contributed by atoms with E-state index in [2.05, 4.69) is 44.0 Å². The minimum absolute atomic E-state index is 0.725. The van der Waals surface area contributed by atoms with Gasteiger partial charge < -0.3 is 10.2 Å². The molecular formula is C15H24N4S. The maximum absolute atomic E-state index is 4.44. The Morgan fingerprint density at radius 1 is 1.25 bits per heavy atom. The number of thioether (sulfide) groups is 1. The van der Waals surface area contributed by atoms with Crippen molar-refractivity contribution < 1.29 is 0 Å². The normalized spacial score (nSPS) is 24.8. The van der Waals surface area contributed by atoms with Gasteiger partial charge in [0.05, 0.1) is 0 Å². The first-order chi connectivity index (χ1) is 9.92. The summed E-state index contributed by atoms with van der Waals surface area (Å²) in [5.41, 5.74) is 0. The molecule has 110 valence electrons. The molecule has 0 amide bonds. The van der Waals surface area contributed by atoms with Gasteiger partial charge in [0.1, 0.15) is 5.82 Å². The van der Waals surface area contributed by atoms with Crippen molar-refractivity contribution in [2.75, 3.05) is 55.7 Å². The highest BCUT2D eigenvalue weighted by molar-refractivity contribution is 7.99. The molecule has 0 saturated carbocycles. The first-order valence-corrected chi connectivity index (χ1v) is 8.77. The number of anilines is 1. The summed E-state index contributed by atoms with van der Waals surface area (Å²) < 4.78 is 0. The molecule has 0 aromatic carbocycles. The van der Waals surface area contributed by atoms with Gasteiger partial charge >= 0.3 is 0 Å². The van der Waals surface area contributed by atoms with Crippen LogP contribution in [0.5, 0.6) is 0 Å². The Kier molecular flexibility index (Phi) is 5.17. The predicted molar refractivity (Wildman–Crippen MR) is 86.6 cm³/mol. The standard InChI is InChI=1S/C15H24N4S/c1-2-5-17-15(3-1)19-10-8-18(9-11-19)7-4-14-13-20-12-6-16-14/h1-3,5,14,16H,4,6-13H2. The highest BCUT2D eigenvalue weighted by Gasteiger charge is 2.19. The van der Waals surface area contributed by atoms with E-state index >= 15 is 0 Å². The van der Waals surface area contributed by atoms with Gasteiger partial charge in [-0.1, -0.05) is 6.07 Å². The Bertz CT molecular complexity index is 386. The summed E-state index contributed by atoms with van der Waals surface area (Å²) in [6.07, 6.45) is 3.17. The van der Waals surface area contributed by atoms with Gasteiger partial charge in [0.25, 0.3) is 0 Å². The summed E-state index contributed by atoms with van der Waals surface area (Å²) in [4.78, 5) is 9.43. The van der Waals surface area contributed by atoms with Gasteiger partial charge in [-0.25, -0.2) is 4.98 Å². The van der Waals surface area contributed by atoms with Crippen LogP contribution in [0.3, 0.4) is 0 Å². The molecule has 3 rings (SSSR count). The molecule has 2 aliphatic rings. The summed E-state index contributed by atoms with van der Waals surface area (Å²) in [5, 5.41) is 3.63. The van der Waals surface area contributed by atoms with E-state index < -0.39 is 0 Å². The molecule has 2 saturated heterocycles. The van der Waals surface area contributed by atoms with Crippen LogP contribution in [0.2, 0.25) is 0 Å². The summed E-state index contributed by atoms with van der Waals surface area (Å²) in [6.45, 7) is 6.94. The van der Waals surface area contributed by atoms with Crippen molar-refractivity contribution in [1.29, 1.82) is 0 Å². The zero-order valence-corrected chi connectivity index (χ0v) is 12.8. The van der Waals surface area contributed by atoms with E-state index in [1.807, 2.05) is 12.3 Å². The van der Waals surface area contributed by atoms with Crippen LogP contribution in [0.1, 0.15) is 6.42 Å². The third-order valence-corrected chi connectivity index (χ3v) is 5.27. The van der Waals surface area contributed by atoms with Gasteiger partial charge in [0, 0.05) is 56.5 Å². The van der Waals surface area contributed by atoms with E-state index in [0.717, 1.165) is 38.0 Å². The van der Waals surface area contributed by atoms with Crippen LogP contribution in [0, 0.1) is 0 Å². The quantitative estimate of drug-likeness (QED) is 0.904. The molecule has 5 heteroatoms. The minimum Gasteiger partial charge on any atom is -0.354 e. The third kappa shape index (κ3) is 3.87. The van der Waals surface area contributed by atoms with Gasteiger partial charge in [0.15, 0.2) is 0 Å². The maximum Gasteiger partial charge on any atom is 0.128 e. The van der Waals surface area contributed by atoms with Crippen LogP contribution in [-0.2, 0) is 0 Å². The molecule has 4 nitrogen and oxygen atoms in total. The summed E-state index contributed by atoms with van der Waals surface area (Å²) in [7, 11) is 0.